The summed E-state index contributed by atoms with van der Waals surface area (Å²) in [6.07, 6.45) is 4.26. The van der Waals surface area contributed by atoms with Gasteiger partial charge in [-0.1, -0.05) is 6.92 Å². The highest BCUT2D eigenvalue weighted by atomic mass is 16.7. The van der Waals surface area contributed by atoms with Crippen LogP contribution < -0.4 is 5.63 Å². The molecule has 9 nitrogen and oxygen atoms in total. The minimum absolute atomic E-state index is 0.0489. The predicted octanol–water partition coefficient (Wildman–Crippen LogP) is 2.42. The molecule has 5 aliphatic rings. The number of rotatable bonds is 4. The van der Waals surface area contributed by atoms with Crippen molar-refractivity contribution in [2.75, 3.05) is 0 Å². The van der Waals surface area contributed by atoms with Crippen molar-refractivity contribution >= 4 is 6.29 Å². The molecule has 0 amide bonds. The lowest BCUT2D eigenvalue weighted by Gasteiger charge is -2.65. The van der Waals surface area contributed by atoms with E-state index in [2.05, 4.69) is 6.92 Å². The van der Waals surface area contributed by atoms with Gasteiger partial charge in [0.2, 0.25) is 0 Å². The van der Waals surface area contributed by atoms with Gasteiger partial charge in [-0.2, -0.15) is 0 Å². The summed E-state index contributed by atoms with van der Waals surface area (Å²) < 4.78 is 17.0. The number of carbonyl (C=O) groups excluding carboxylic acids is 1. The van der Waals surface area contributed by atoms with Gasteiger partial charge in [-0.25, -0.2) is 4.79 Å². The van der Waals surface area contributed by atoms with Crippen molar-refractivity contribution in [3.8, 4) is 0 Å². The normalized spacial score (nSPS) is 51.4. The Labute approximate surface area is 228 Å². The molecule has 10 unspecified atom stereocenters. The first-order valence-electron chi connectivity index (χ1n) is 14.6. The second-order valence-corrected chi connectivity index (χ2v) is 13.4. The standard InChI is InChI=1S/C30H42O9/c1-17-23(32)13-24(33)26(38-17)39-19-5-10-28(16-31)21-6-9-27(2)20(18-3-4-25(34)37-15-18)8-12-30(27,36)22(21)7-11-29(28,35)14-19/h3-4,15-17,19-24,26,32-33,35-36H,5-14H2,1-2H3/t17-,19?,20?,21?,22?,23?,24+,26?,27?,28?,29?,30?/m0/s1. The Morgan fingerprint density at radius 3 is 2.49 bits per heavy atom. The minimum Gasteiger partial charge on any atom is -0.431 e. The van der Waals surface area contributed by atoms with Crippen molar-refractivity contribution in [1.29, 1.82) is 0 Å². The molecule has 1 aliphatic heterocycles. The van der Waals surface area contributed by atoms with Crippen LogP contribution in [0.3, 0.4) is 0 Å². The molecule has 0 aromatic carbocycles. The summed E-state index contributed by atoms with van der Waals surface area (Å²) >= 11 is 0. The molecule has 4 saturated carbocycles. The van der Waals surface area contributed by atoms with Crippen LogP contribution >= 0.6 is 0 Å². The topological polar surface area (TPSA) is 147 Å². The molecule has 1 aromatic rings. The quantitative estimate of drug-likeness (QED) is 0.330. The van der Waals surface area contributed by atoms with Crippen LogP contribution in [-0.2, 0) is 14.3 Å². The Morgan fingerprint density at radius 2 is 1.77 bits per heavy atom. The van der Waals surface area contributed by atoms with E-state index in [1.807, 2.05) is 6.07 Å². The first-order valence-corrected chi connectivity index (χ1v) is 14.6. The van der Waals surface area contributed by atoms with Crippen LogP contribution in [0.25, 0.3) is 0 Å². The smallest absolute Gasteiger partial charge is 0.335 e. The number of aliphatic hydroxyl groups is 4. The zero-order valence-corrected chi connectivity index (χ0v) is 22.8. The molecule has 0 spiro atoms. The maximum atomic E-state index is 13.0. The molecule has 4 aliphatic carbocycles. The molecule has 2 heterocycles. The summed E-state index contributed by atoms with van der Waals surface area (Å²) in [4.78, 5) is 24.5. The highest BCUT2D eigenvalue weighted by molar-refractivity contribution is 5.64. The van der Waals surface area contributed by atoms with E-state index in [4.69, 9.17) is 13.9 Å². The van der Waals surface area contributed by atoms with Crippen molar-refractivity contribution in [2.24, 2.45) is 22.7 Å². The number of hydrogen-bond donors (Lipinski definition) is 4. The molecular weight excluding hydrogens is 504 g/mol. The molecule has 1 saturated heterocycles. The lowest BCUT2D eigenvalue weighted by molar-refractivity contribution is -0.296. The molecule has 0 radical (unpaired) electrons. The average molecular weight is 547 g/mol. The lowest BCUT2D eigenvalue weighted by Crippen LogP contribution is -2.69. The van der Waals surface area contributed by atoms with Gasteiger partial charge >= 0.3 is 5.63 Å². The summed E-state index contributed by atoms with van der Waals surface area (Å²) in [7, 11) is 0. The number of aliphatic hydroxyl groups excluding tert-OH is 2. The third kappa shape index (κ3) is 3.95. The number of fused-ring (bicyclic) bond motifs is 5. The first kappa shape index (κ1) is 27.5. The van der Waals surface area contributed by atoms with E-state index < -0.39 is 52.3 Å². The fourth-order valence-corrected chi connectivity index (χ4v) is 9.61. The highest BCUT2D eigenvalue weighted by Gasteiger charge is 2.71. The average Bonchev–Trinajstić information content (AvgIpc) is 3.18. The van der Waals surface area contributed by atoms with Crippen LogP contribution in [0.4, 0.5) is 0 Å². The maximum Gasteiger partial charge on any atom is 0.335 e. The Hall–Kier alpha value is -1.62. The molecule has 216 valence electrons. The summed E-state index contributed by atoms with van der Waals surface area (Å²) in [6.45, 7) is 3.88. The van der Waals surface area contributed by atoms with Gasteiger partial charge < -0.3 is 39.1 Å². The summed E-state index contributed by atoms with van der Waals surface area (Å²) in [6, 6.07) is 3.24. The SMILES string of the molecule is C[C@@H]1OC(OC2CCC3(C=O)C4CCC5(C)C(c6ccc(=O)oc6)CCC5(O)C4CCC3(O)C2)[C@H](O)CC1O. The Morgan fingerprint density at radius 1 is 1.00 bits per heavy atom. The lowest BCUT2D eigenvalue weighted by atomic mass is 9.41. The van der Waals surface area contributed by atoms with Gasteiger partial charge in [-0.3, -0.25) is 0 Å². The molecule has 5 fully saturated rings. The van der Waals surface area contributed by atoms with Crippen molar-refractivity contribution in [2.45, 2.75) is 126 Å². The summed E-state index contributed by atoms with van der Waals surface area (Å²) in [5.41, 5.74) is -3.12. The largest absolute Gasteiger partial charge is 0.431 e. The van der Waals surface area contributed by atoms with Gasteiger partial charge in [-0.05, 0) is 87.7 Å². The molecule has 4 N–H and O–H groups in total. The zero-order chi connectivity index (χ0) is 27.8. The zero-order valence-electron chi connectivity index (χ0n) is 22.8. The fourth-order valence-electron chi connectivity index (χ4n) is 9.61. The van der Waals surface area contributed by atoms with Crippen LogP contribution in [0.15, 0.2) is 27.6 Å². The van der Waals surface area contributed by atoms with Crippen molar-refractivity contribution in [3.63, 3.8) is 0 Å². The van der Waals surface area contributed by atoms with Crippen LogP contribution in [-0.4, -0.2) is 68.6 Å². The Bertz CT molecular complexity index is 1130. The van der Waals surface area contributed by atoms with Crippen LogP contribution in [0, 0.1) is 22.7 Å². The van der Waals surface area contributed by atoms with Crippen molar-refractivity contribution in [3.05, 3.63) is 34.4 Å². The molecule has 9 heteroatoms. The number of hydrogen-bond acceptors (Lipinski definition) is 9. The van der Waals surface area contributed by atoms with E-state index in [1.165, 1.54) is 12.3 Å². The monoisotopic (exact) mass is 546 g/mol. The van der Waals surface area contributed by atoms with Gasteiger partial charge in [0.15, 0.2) is 6.29 Å². The van der Waals surface area contributed by atoms with Gasteiger partial charge in [0.25, 0.3) is 0 Å². The minimum atomic E-state index is -1.27. The molecular formula is C30H42O9. The van der Waals surface area contributed by atoms with Crippen LogP contribution in [0.5, 0.6) is 0 Å². The number of aldehydes is 1. The highest BCUT2D eigenvalue weighted by Crippen LogP contribution is 2.71. The predicted molar refractivity (Wildman–Crippen MR) is 139 cm³/mol. The van der Waals surface area contributed by atoms with Gasteiger partial charge in [-0.15, -0.1) is 0 Å². The van der Waals surface area contributed by atoms with Gasteiger partial charge in [0.05, 0.1) is 41.2 Å². The van der Waals surface area contributed by atoms with Crippen LogP contribution in [0.1, 0.15) is 89.5 Å². The van der Waals surface area contributed by atoms with Crippen LogP contribution in [0.2, 0.25) is 0 Å². The second-order valence-electron chi connectivity index (χ2n) is 13.4. The third-order valence-corrected chi connectivity index (χ3v) is 11.8. The van der Waals surface area contributed by atoms with E-state index >= 15 is 0 Å². The second kappa shape index (κ2) is 9.46. The summed E-state index contributed by atoms with van der Waals surface area (Å²) in [5, 5.41) is 44.9. The molecule has 0 bridgehead atoms. The third-order valence-electron chi connectivity index (χ3n) is 11.8. The molecule has 12 atom stereocenters. The van der Waals surface area contributed by atoms with E-state index in [0.29, 0.717) is 38.5 Å². The van der Waals surface area contributed by atoms with Crippen molar-refractivity contribution < 1.29 is 39.1 Å². The van der Waals surface area contributed by atoms with E-state index in [9.17, 15) is 30.0 Å². The van der Waals surface area contributed by atoms with E-state index in [1.54, 1.807) is 6.92 Å². The van der Waals surface area contributed by atoms with E-state index in [-0.39, 0.29) is 36.7 Å². The molecule has 39 heavy (non-hydrogen) atoms. The van der Waals surface area contributed by atoms with Crippen molar-refractivity contribution in [1.82, 2.24) is 0 Å². The Kier molecular flexibility index (Phi) is 6.68. The summed E-state index contributed by atoms with van der Waals surface area (Å²) in [5.74, 6) is -0.217. The number of ether oxygens (including phenoxy) is 2. The molecule has 6 rings (SSSR count). The Balaban J connectivity index is 1.23. The van der Waals surface area contributed by atoms with Gasteiger partial charge in [0, 0.05) is 24.3 Å². The fraction of sp³-hybridized carbons (Fsp3) is 0.800. The molecule has 1 aromatic heterocycles. The first-order chi connectivity index (χ1) is 18.5. The van der Waals surface area contributed by atoms with E-state index in [0.717, 1.165) is 24.7 Å². The maximum absolute atomic E-state index is 13.0. The van der Waals surface area contributed by atoms with Gasteiger partial charge in [0.1, 0.15) is 12.4 Å². The number of carbonyl (C=O) groups is 1.